The molecule has 0 unspecified atom stereocenters. The van der Waals surface area contributed by atoms with E-state index in [4.69, 9.17) is 4.74 Å². The minimum Gasteiger partial charge on any atom is -0.497 e. The van der Waals surface area contributed by atoms with E-state index < -0.39 is 24.6 Å². The lowest BCUT2D eigenvalue weighted by Gasteiger charge is -2.38. The van der Waals surface area contributed by atoms with E-state index in [0.717, 1.165) is 0 Å². The van der Waals surface area contributed by atoms with Gasteiger partial charge in [0.2, 0.25) is 5.91 Å². The first kappa shape index (κ1) is 17.6. The molecule has 5 nitrogen and oxygen atoms in total. The second kappa shape index (κ2) is 6.76. The van der Waals surface area contributed by atoms with Crippen LogP contribution in [-0.2, 0) is 4.79 Å². The van der Waals surface area contributed by atoms with Crippen molar-refractivity contribution in [3.05, 3.63) is 24.3 Å². The molecule has 1 amide bonds. The van der Waals surface area contributed by atoms with Gasteiger partial charge in [-0.3, -0.25) is 9.69 Å². The Hall–Kier alpha value is -1.80. The van der Waals surface area contributed by atoms with Gasteiger partial charge >= 0.3 is 6.18 Å². The minimum atomic E-state index is -4.64. The Morgan fingerprint density at radius 2 is 2.04 bits per heavy atom. The van der Waals surface area contributed by atoms with Crippen LogP contribution in [0.15, 0.2) is 24.3 Å². The number of alkyl halides is 3. The van der Waals surface area contributed by atoms with Crippen molar-refractivity contribution in [2.45, 2.75) is 24.6 Å². The summed E-state index contributed by atoms with van der Waals surface area (Å²) in [5.74, 6) is 0.270. The lowest BCUT2D eigenvalue weighted by atomic mass is 9.91. The molecule has 8 heteroatoms. The quantitative estimate of drug-likeness (QED) is 0.886. The molecule has 23 heavy (non-hydrogen) atoms. The summed E-state index contributed by atoms with van der Waals surface area (Å²) in [6.45, 7) is 0.00816. The number of carbonyl (C=O) groups is 1. The fourth-order valence-electron chi connectivity index (χ4n) is 2.47. The summed E-state index contributed by atoms with van der Waals surface area (Å²) >= 11 is 0. The highest BCUT2D eigenvalue weighted by atomic mass is 19.4. The fourth-order valence-corrected chi connectivity index (χ4v) is 2.47. The molecule has 0 saturated carbocycles. The van der Waals surface area contributed by atoms with Crippen LogP contribution < -0.4 is 10.1 Å². The Morgan fingerprint density at radius 3 is 2.61 bits per heavy atom. The van der Waals surface area contributed by atoms with Crippen molar-refractivity contribution >= 4 is 11.6 Å². The van der Waals surface area contributed by atoms with Crippen molar-refractivity contribution in [3.8, 4) is 5.75 Å². The molecule has 2 rings (SSSR count). The number of carbonyl (C=O) groups excluding carboxylic acids is 1. The van der Waals surface area contributed by atoms with Crippen LogP contribution in [-0.4, -0.2) is 54.4 Å². The van der Waals surface area contributed by atoms with Crippen LogP contribution in [0.3, 0.4) is 0 Å². The molecule has 2 N–H and O–H groups in total. The zero-order valence-electron chi connectivity index (χ0n) is 12.7. The number of anilines is 1. The largest absolute Gasteiger partial charge is 0.497 e. The van der Waals surface area contributed by atoms with Crippen molar-refractivity contribution in [3.63, 3.8) is 0 Å². The molecule has 128 valence electrons. The number of rotatable bonds is 4. The molecule has 1 saturated heterocycles. The molecule has 1 heterocycles. The normalized spacial score (nSPS) is 18.5. The summed E-state index contributed by atoms with van der Waals surface area (Å²) in [4.78, 5) is 13.6. The summed E-state index contributed by atoms with van der Waals surface area (Å²) in [5, 5.41) is 12.3. The van der Waals surface area contributed by atoms with E-state index in [0.29, 0.717) is 11.4 Å². The molecule has 1 aromatic carbocycles. The first-order valence-electron chi connectivity index (χ1n) is 7.19. The van der Waals surface area contributed by atoms with Gasteiger partial charge in [-0.05, 0) is 25.0 Å². The molecule has 0 radical (unpaired) electrons. The van der Waals surface area contributed by atoms with Gasteiger partial charge in [0.15, 0.2) is 5.60 Å². The third-order valence-electron chi connectivity index (χ3n) is 3.93. The van der Waals surface area contributed by atoms with Gasteiger partial charge in [0, 0.05) is 24.8 Å². The summed E-state index contributed by atoms with van der Waals surface area (Å²) in [7, 11) is 1.51. The molecule has 1 aromatic rings. The van der Waals surface area contributed by atoms with Crippen molar-refractivity contribution in [1.82, 2.24) is 4.90 Å². The summed E-state index contributed by atoms with van der Waals surface area (Å²) in [6, 6.07) is 6.80. The van der Waals surface area contributed by atoms with Crippen LogP contribution in [0.1, 0.15) is 12.8 Å². The first-order valence-corrected chi connectivity index (χ1v) is 7.19. The Kier molecular flexibility index (Phi) is 5.16. The van der Waals surface area contributed by atoms with E-state index in [1.807, 2.05) is 0 Å². The topological polar surface area (TPSA) is 61.8 Å². The maximum Gasteiger partial charge on any atom is 0.417 e. The van der Waals surface area contributed by atoms with Gasteiger partial charge in [-0.1, -0.05) is 6.07 Å². The average Bonchev–Trinajstić information content (AvgIpc) is 2.49. The number of nitrogens with one attached hydrogen (secondary N) is 1. The lowest BCUT2D eigenvalue weighted by molar-refractivity contribution is -0.272. The van der Waals surface area contributed by atoms with Gasteiger partial charge in [0.05, 0.1) is 13.7 Å². The van der Waals surface area contributed by atoms with E-state index in [1.165, 1.54) is 7.11 Å². The smallest absolute Gasteiger partial charge is 0.417 e. The standard InChI is InChI=1S/C15H19F3N2O3/c1-23-12-4-2-3-11(9-12)19-13(21)10-20-7-5-14(22,6-8-20)15(16,17)18/h2-4,9,22H,5-8,10H2,1H3,(H,19,21). The third kappa shape index (κ3) is 4.35. The van der Waals surface area contributed by atoms with E-state index in [9.17, 15) is 23.1 Å². The van der Waals surface area contributed by atoms with Crippen LogP contribution in [0.25, 0.3) is 0 Å². The Balaban J connectivity index is 1.85. The number of benzene rings is 1. The number of piperidine rings is 1. The number of likely N-dealkylation sites (tertiary alicyclic amines) is 1. The zero-order chi connectivity index (χ0) is 17.1. The predicted octanol–water partition coefficient (Wildman–Crippen LogP) is 2.02. The van der Waals surface area contributed by atoms with Crippen LogP contribution >= 0.6 is 0 Å². The van der Waals surface area contributed by atoms with Crippen molar-refractivity contribution < 1.29 is 27.8 Å². The highest BCUT2D eigenvalue weighted by Crippen LogP contribution is 2.38. The Morgan fingerprint density at radius 1 is 1.39 bits per heavy atom. The molecule has 0 aromatic heterocycles. The van der Waals surface area contributed by atoms with Crippen molar-refractivity contribution in [2.75, 3.05) is 32.1 Å². The number of hydrogen-bond donors (Lipinski definition) is 2. The van der Waals surface area contributed by atoms with E-state index in [2.05, 4.69) is 5.32 Å². The number of amides is 1. The SMILES string of the molecule is COc1cccc(NC(=O)CN2CCC(O)(C(F)(F)F)CC2)c1. The maximum atomic E-state index is 12.7. The Labute approximate surface area is 132 Å². The molecular formula is C15H19F3N2O3. The number of nitrogens with zero attached hydrogens (tertiary/aromatic N) is 1. The molecule has 0 atom stereocenters. The van der Waals surface area contributed by atoms with Gasteiger partial charge in [-0.15, -0.1) is 0 Å². The molecule has 0 aliphatic carbocycles. The lowest BCUT2D eigenvalue weighted by Crippen LogP contribution is -2.54. The Bertz CT molecular complexity index is 555. The van der Waals surface area contributed by atoms with Crippen LogP contribution in [0, 0.1) is 0 Å². The van der Waals surface area contributed by atoms with E-state index >= 15 is 0 Å². The van der Waals surface area contributed by atoms with Crippen molar-refractivity contribution in [1.29, 1.82) is 0 Å². The van der Waals surface area contributed by atoms with Crippen molar-refractivity contribution in [2.24, 2.45) is 0 Å². The second-order valence-corrected chi connectivity index (χ2v) is 5.59. The molecule has 0 bridgehead atoms. The van der Waals surface area contributed by atoms with Gasteiger partial charge in [-0.25, -0.2) is 0 Å². The first-order chi connectivity index (χ1) is 10.7. The molecule has 1 aliphatic rings. The number of halogens is 3. The van der Waals surface area contributed by atoms with Gasteiger partial charge in [0.25, 0.3) is 0 Å². The van der Waals surface area contributed by atoms with Crippen LogP contribution in [0.4, 0.5) is 18.9 Å². The second-order valence-electron chi connectivity index (χ2n) is 5.59. The van der Waals surface area contributed by atoms with Gasteiger partial charge in [-0.2, -0.15) is 13.2 Å². The van der Waals surface area contributed by atoms with Gasteiger partial charge < -0.3 is 15.2 Å². The minimum absolute atomic E-state index is 0.0154. The maximum absolute atomic E-state index is 12.7. The third-order valence-corrected chi connectivity index (χ3v) is 3.93. The zero-order valence-corrected chi connectivity index (χ0v) is 12.7. The van der Waals surface area contributed by atoms with Crippen LogP contribution in [0.2, 0.25) is 0 Å². The van der Waals surface area contributed by atoms with Gasteiger partial charge in [0.1, 0.15) is 5.75 Å². The predicted molar refractivity (Wildman–Crippen MR) is 78.3 cm³/mol. The molecule has 1 aliphatic heterocycles. The summed E-state index contributed by atoms with van der Waals surface area (Å²) < 4.78 is 43.2. The number of methoxy groups -OCH3 is 1. The fraction of sp³-hybridized carbons (Fsp3) is 0.533. The molecular weight excluding hydrogens is 313 g/mol. The molecule has 0 spiro atoms. The number of aliphatic hydroxyl groups is 1. The summed E-state index contributed by atoms with van der Waals surface area (Å²) in [5.41, 5.74) is -2.09. The molecule has 1 fully saturated rings. The summed E-state index contributed by atoms with van der Waals surface area (Å²) in [6.07, 6.45) is -5.49. The number of hydrogen-bond acceptors (Lipinski definition) is 4. The van der Waals surface area contributed by atoms with Crippen LogP contribution in [0.5, 0.6) is 5.75 Å². The highest BCUT2D eigenvalue weighted by Gasteiger charge is 2.54. The highest BCUT2D eigenvalue weighted by molar-refractivity contribution is 5.92. The van der Waals surface area contributed by atoms with E-state index in [-0.39, 0.29) is 25.5 Å². The monoisotopic (exact) mass is 332 g/mol. The number of ether oxygens (including phenoxy) is 1. The average molecular weight is 332 g/mol. The van der Waals surface area contributed by atoms with E-state index in [1.54, 1.807) is 29.2 Å².